The Hall–Kier alpha value is -4.24. The Bertz CT molecular complexity index is 1550. The molecule has 1 aliphatic heterocycles. The van der Waals surface area contributed by atoms with Crippen LogP contribution in [0.25, 0.3) is 5.69 Å². The third-order valence-corrected chi connectivity index (χ3v) is 6.11. The van der Waals surface area contributed by atoms with Gasteiger partial charge in [-0.3, -0.25) is 9.59 Å². The molecule has 0 spiro atoms. The first-order chi connectivity index (χ1) is 17.4. The quantitative estimate of drug-likeness (QED) is 0.356. The normalized spacial score (nSPS) is 11.8. The van der Waals surface area contributed by atoms with Crippen LogP contribution in [-0.4, -0.2) is 29.5 Å². The second-order valence-corrected chi connectivity index (χ2v) is 8.47. The molecule has 5 rings (SSSR count). The van der Waals surface area contributed by atoms with Crippen molar-refractivity contribution in [3.05, 3.63) is 93.0 Å². The number of anilines is 1. The van der Waals surface area contributed by atoms with E-state index in [1.807, 2.05) is 12.1 Å². The summed E-state index contributed by atoms with van der Waals surface area (Å²) in [5, 5.41) is 3.09. The fraction of sp³-hybridized carbons (Fsp3) is 0.154. The number of hydrogen-bond acceptors (Lipinski definition) is 5. The number of nitrogens with zero attached hydrogens (tertiary/aromatic N) is 2. The Kier molecular flexibility index (Phi) is 6.15. The molecule has 1 aromatic heterocycles. The maximum absolute atomic E-state index is 14.1. The van der Waals surface area contributed by atoms with Crippen molar-refractivity contribution in [1.82, 2.24) is 9.36 Å². The number of para-hydroxylation sites is 1. The largest absolute Gasteiger partial charge is 0.495 e. The lowest BCUT2D eigenvalue weighted by atomic mass is 10.0. The zero-order valence-corrected chi connectivity index (χ0v) is 20.1. The molecule has 8 nitrogen and oxygen atoms in total. The van der Waals surface area contributed by atoms with Crippen molar-refractivity contribution in [2.24, 2.45) is 0 Å². The summed E-state index contributed by atoms with van der Waals surface area (Å²) in [7, 11) is 3.01. The first-order valence-electron chi connectivity index (χ1n) is 11.0. The molecule has 1 aliphatic rings. The Morgan fingerprint density at radius 1 is 1.08 bits per heavy atom. The van der Waals surface area contributed by atoms with Crippen LogP contribution in [0.15, 0.2) is 65.5 Å². The highest BCUT2D eigenvalue weighted by Crippen LogP contribution is 2.41. The van der Waals surface area contributed by atoms with E-state index in [4.69, 9.17) is 25.8 Å². The topological polar surface area (TPSA) is 83.7 Å². The molecule has 0 unspecified atom stereocenters. The van der Waals surface area contributed by atoms with E-state index in [1.165, 1.54) is 41.8 Å². The third-order valence-electron chi connectivity index (χ3n) is 5.81. The van der Waals surface area contributed by atoms with Gasteiger partial charge in [-0.05, 0) is 42.5 Å². The molecule has 0 aliphatic carbocycles. The monoisotopic (exact) mass is 509 g/mol. The number of halogens is 2. The van der Waals surface area contributed by atoms with Crippen molar-refractivity contribution >= 4 is 23.2 Å². The number of nitrogens with one attached hydrogen (secondary N) is 1. The van der Waals surface area contributed by atoms with Gasteiger partial charge in [-0.25, -0.2) is 13.8 Å². The van der Waals surface area contributed by atoms with E-state index in [2.05, 4.69) is 5.32 Å². The summed E-state index contributed by atoms with van der Waals surface area (Å²) >= 11 is 6.17. The number of amides is 1. The summed E-state index contributed by atoms with van der Waals surface area (Å²) in [4.78, 5) is 26.6. The lowest BCUT2D eigenvalue weighted by molar-refractivity contribution is -0.117. The van der Waals surface area contributed by atoms with Gasteiger partial charge in [-0.1, -0.05) is 29.8 Å². The molecule has 0 radical (unpaired) electrons. The first kappa shape index (κ1) is 23.5. The standard InChI is InChI=1S/C26H21ClFN3O5/c1-34-21-10-9-17(13-20(21)27)29-23(32)14-30-26-19(11-15-5-3-8-22(35-2)24(15)36-26)25(33)31(30)18-7-4-6-16(28)12-18/h3-10,12-13H,11,14H2,1-2H3,(H,29,32). The fourth-order valence-corrected chi connectivity index (χ4v) is 4.45. The van der Waals surface area contributed by atoms with Gasteiger partial charge in [0.15, 0.2) is 11.5 Å². The minimum absolute atomic E-state index is 0.184. The van der Waals surface area contributed by atoms with Gasteiger partial charge in [-0.2, -0.15) is 0 Å². The van der Waals surface area contributed by atoms with E-state index in [9.17, 15) is 14.0 Å². The molecule has 4 aromatic rings. The number of hydrogen-bond donors (Lipinski definition) is 1. The SMILES string of the molecule is COc1ccc(NC(=O)Cn2c3c(c(=O)n2-c2cccc(F)c2)Cc2cccc(OC)c2O3)cc1Cl. The number of ether oxygens (including phenoxy) is 3. The van der Waals surface area contributed by atoms with Crippen molar-refractivity contribution in [1.29, 1.82) is 0 Å². The highest BCUT2D eigenvalue weighted by atomic mass is 35.5. The number of rotatable bonds is 6. The van der Waals surface area contributed by atoms with Crippen LogP contribution in [0.4, 0.5) is 10.1 Å². The van der Waals surface area contributed by atoms with E-state index in [1.54, 1.807) is 30.3 Å². The van der Waals surface area contributed by atoms with Crippen LogP contribution >= 0.6 is 11.6 Å². The van der Waals surface area contributed by atoms with Gasteiger partial charge in [0.2, 0.25) is 11.8 Å². The van der Waals surface area contributed by atoms with Gasteiger partial charge >= 0.3 is 0 Å². The summed E-state index contributed by atoms with van der Waals surface area (Å²) in [6.45, 7) is -0.296. The Morgan fingerprint density at radius 3 is 2.58 bits per heavy atom. The maximum Gasteiger partial charge on any atom is 0.278 e. The molecule has 1 amide bonds. The molecule has 10 heteroatoms. The van der Waals surface area contributed by atoms with Gasteiger partial charge in [0.25, 0.3) is 5.56 Å². The molecule has 1 N–H and O–H groups in total. The second-order valence-electron chi connectivity index (χ2n) is 8.06. The fourth-order valence-electron chi connectivity index (χ4n) is 4.19. The first-order valence-corrected chi connectivity index (χ1v) is 11.3. The summed E-state index contributed by atoms with van der Waals surface area (Å²) in [6, 6.07) is 15.8. The van der Waals surface area contributed by atoms with Crippen molar-refractivity contribution in [3.63, 3.8) is 0 Å². The molecule has 0 fully saturated rings. The van der Waals surface area contributed by atoms with E-state index in [-0.39, 0.29) is 24.5 Å². The summed E-state index contributed by atoms with van der Waals surface area (Å²) in [5.74, 6) is 0.633. The average molecular weight is 510 g/mol. The minimum Gasteiger partial charge on any atom is -0.495 e. The zero-order valence-electron chi connectivity index (χ0n) is 19.4. The van der Waals surface area contributed by atoms with Gasteiger partial charge in [0, 0.05) is 17.7 Å². The Morgan fingerprint density at radius 2 is 1.86 bits per heavy atom. The zero-order chi connectivity index (χ0) is 25.4. The van der Waals surface area contributed by atoms with Crippen molar-refractivity contribution < 1.29 is 23.4 Å². The molecule has 0 bridgehead atoms. The van der Waals surface area contributed by atoms with Crippen LogP contribution in [0.5, 0.6) is 23.1 Å². The van der Waals surface area contributed by atoms with Crippen molar-refractivity contribution in [2.45, 2.75) is 13.0 Å². The number of benzene rings is 3. The maximum atomic E-state index is 14.1. The summed E-state index contributed by atoms with van der Waals surface area (Å²) < 4.78 is 33.4. The van der Waals surface area contributed by atoms with Crippen LogP contribution in [0.3, 0.4) is 0 Å². The van der Waals surface area contributed by atoms with Crippen LogP contribution in [0.2, 0.25) is 5.02 Å². The highest BCUT2D eigenvalue weighted by Gasteiger charge is 2.31. The van der Waals surface area contributed by atoms with E-state index in [0.29, 0.717) is 33.5 Å². The predicted molar refractivity (Wildman–Crippen MR) is 132 cm³/mol. The molecule has 184 valence electrons. The number of fused-ring (bicyclic) bond motifs is 2. The second kappa shape index (κ2) is 9.43. The molecule has 3 aromatic carbocycles. The van der Waals surface area contributed by atoms with E-state index >= 15 is 0 Å². The minimum atomic E-state index is -0.520. The molecule has 0 saturated heterocycles. The van der Waals surface area contributed by atoms with Crippen LogP contribution in [-0.2, 0) is 17.8 Å². The van der Waals surface area contributed by atoms with E-state index < -0.39 is 17.3 Å². The highest BCUT2D eigenvalue weighted by molar-refractivity contribution is 6.32. The summed E-state index contributed by atoms with van der Waals surface area (Å²) in [6.07, 6.45) is 0.263. The van der Waals surface area contributed by atoms with Crippen molar-refractivity contribution in [2.75, 3.05) is 19.5 Å². The number of methoxy groups -OCH3 is 2. The Balaban J connectivity index is 1.57. The molecule has 2 heterocycles. The van der Waals surface area contributed by atoms with Crippen LogP contribution in [0, 0.1) is 5.82 Å². The van der Waals surface area contributed by atoms with Crippen molar-refractivity contribution in [3.8, 4) is 28.8 Å². The number of carbonyl (C=O) groups is 1. The molecule has 36 heavy (non-hydrogen) atoms. The smallest absolute Gasteiger partial charge is 0.278 e. The lowest BCUT2D eigenvalue weighted by Crippen LogP contribution is -2.27. The molecule has 0 atom stereocenters. The summed E-state index contributed by atoms with van der Waals surface area (Å²) in [5.41, 5.74) is 1.40. The Labute approximate surface area is 210 Å². The molecular formula is C26H21ClFN3O5. The number of aromatic nitrogens is 2. The van der Waals surface area contributed by atoms with Gasteiger partial charge in [0.1, 0.15) is 18.1 Å². The van der Waals surface area contributed by atoms with Crippen LogP contribution in [0.1, 0.15) is 11.1 Å². The van der Waals surface area contributed by atoms with Gasteiger partial charge in [-0.15, -0.1) is 0 Å². The van der Waals surface area contributed by atoms with Crippen LogP contribution < -0.4 is 25.1 Å². The predicted octanol–water partition coefficient (Wildman–Crippen LogP) is 4.78. The number of carbonyl (C=O) groups excluding carboxylic acids is 1. The van der Waals surface area contributed by atoms with Gasteiger partial charge < -0.3 is 19.5 Å². The van der Waals surface area contributed by atoms with Gasteiger partial charge in [0.05, 0.1) is 30.5 Å². The third kappa shape index (κ3) is 4.18. The van der Waals surface area contributed by atoms with E-state index in [0.717, 1.165) is 5.56 Å². The molecule has 0 saturated carbocycles. The average Bonchev–Trinajstić information content (AvgIpc) is 3.12. The lowest BCUT2D eigenvalue weighted by Gasteiger charge is -2.21. The molecular weight excluding hydrogens is 489 g/mol.